The number of urea groups is 1. The summed E-state index contributed by atoms with van der Waals surface area (Å²) in [5.41, 5.74) is 2.04. The van der Waals surface area contributed by atoms with Crippen molar-refractivity contribution in [3.8, 4) is 0 Å². The second-order valence-corrected chi connectivity index (χ2v) is 5.21. The number of amides is 2. The van der Waals surface area contributed by atoms with Crippen LogP contribution in [0.5, 0.6) is 0 Å². The van der Waals surface area contributed by atoms with E-state index in [0.717, 1.165) is 38.2 Å². The van der Waals surface area contributed by atoms with Gasteiger partial charge in [0, 0.05) is 31.8 Å². The van der Waals surface area contributed by atoms with Crippen molar-refractivity contribution in [3.63, 3.8) is 0 Å². The van der Waals surface area contributed by atoms with E-state index in [1.54, 1.807) is 7.11 Å². The van der Waals surface area contributed by atoms with E-state index < -0.39 is 0 Å². The lowest BCUT2D eigenvalue weighted by molar-refractivity contribution is 0.104. The lowest BCUT2D eigenvalue weighted by Gasteiger charge is -2.32. The molecule has 19 heavy (non-hydrogen) atoms. The van der Waals surface area contributed by atoms with Gasteiger partial charge in [-0.05, 0) is 31.9 Å². The molecule has 104 valence electrons. The number of benzene rings is 1. The standard InChI is InChI=1S/C15H22N2O2/c1-12-5-7-14(8-6-12)16-15(18)17-9-3-4-13(10-17)11-19-2/h5-8,13H,3-4,9-11H2,1-2H3,(H,16,18)/t13-/m0/s1. The zero-order chi connectivity index (χ0) is 13.7. The van der Waals surface area contributed by atoms with Gasteiger partial charge in [0.05, 0.1) is 6.61 Å². The van der Waals surface area contributed by atoms with Crippen LogP contribution in [0, 0.1) is 12.8 Å². The van der Waals surface area contributed by atoms with Crippen LogP contribution in [-0.4, -0.2) is 37.7 Å². The van der Waals surface area contributed by atoms with Gasteiger partial charge in [0.15, 0.2) is 0 Å². The maximum Gasteiger partial charge on any atom is 0.321 e. The summed E-state index contributed by atoms with van der Waals surface area (Å²) < 4.78 is 5.18. The number of anilines is 1. The van der Waals surface area contributed by atoms with Crippen LogP contribution in [0.25, 0.3) is 0 Å². The zero-order valence-electron chi connectivity index (χ0n) is 11.7. The van der Waals surface area contributed by atoms with Gasteiger partial charge in [0.25, 0.3) is 0 Å². The normalized spacial score (nSPS) is 19.3. The van der Waals surface area contributed by atoms with Gasteiger partial charge in [-0.25, -0.2) is 4.79 Å². The lowest BCUT2D eigenvalue weighted by Crippen LogP contribution is -2.43. The van der Waals surface area contributed by atoms with Crippen LogP contribution in [0.4, 0.5) is 10.5 Å². The zero-order valence-corrected chi connectivity index (χ0v) is 11.7. The third-order valence-electron chi connectivity index (χ3n) is 3.51. The minimum absolute atomic E-state index is 0.00958. The van der Waals surface area contributed by atoms with E-state index in [2.05, 4.69) is 5.32 Å². The Morgan fingerprint density at radius 3 is 2.84 bits per heavy atom. The fourth-order valence-corrected chi connectivity index (χ4v) is 2.46. The monoisotopic (exact) mass is 262 g/mol. The summed E-state index contributed by atoms with van der Waals surface area (Å²) in [4.78, 5) is 14.1. The van der Waals surface area contributed by atoms with Crippen LogP contribution in [0.3, 0.4) is 0 Å². The fourth-order valence-electron chi connectivity index (χ4n) is 2.46. The maximum absolute atomic E-state index is 12.2. The van der Waals surface area contributed by atoms with E-state index in [4.69, 9.17) is 4.74 Å². The van der Waals surface area contributed by atoms with Gasteiger partial charge in [-0.3, -0.25) is 0 Å². The molecule has 1 fully saturated rings. The second kappa shape index (κ2) is 6.57. The minimum atomic E-state index is -0.00958. The average Bonchev–Trinajstić information content (AvgIpc) is 2.42. The third kappa shape index (κ3) is 3.96. The predicted molar refractivity (Wildman–Crippen MR) is 76.4 cm³/mol. The van der Waals surface area contributed by atoms with Gasteiger partial charge >= 0.3 is 6.03 Å². The Balaban J connectivity index is 1.90. The topological polar surface area (TPSA) is 41.6 Å². The first-order chi connectivity index (χ1) is 9.19. The van der Waals surface area contributed by atoms with E-state index in [-0.39, 0.29) is 6.03 Å². The minimum Gasteiger partial charge on any atom is -0.384 e. The molecule has 1 aromatic carbocycles. The highest BCUT2D eigenvalue weighted by Crippen LogP contribution is 2.18. The molecule has 0 unspecified atom stereocenters. The number of ether oxygens (including phenoxy) is 1. The number of rotatable bonds is 3. The van der Waals surface area contributed by atoms with Crippen molar-refractivity contribution in [1.82, 2.24) is 4.90 Å². The highest BCUT2D eigenvalue weighted by molar-refractivity contribution is 5.89. The number of aryl methyl sites for hydroxylation is 1. The molecule has 1 atom stereocenters. The highest BCUT2D eigenvalue weighted by atomic mass is 16.5. The van der Waals surface area contributed by atoms with E-state index in [0.29, 0.717) is 5.92 Å². The maximum atomic E-state index is 12.2. The lowest BCUT2D eigenvalue weighted by atomic mass is 9.99. The van der Waals surface area contributed by atoms with Crippen LogP contribution in [0.15, 0.2) is 24.3 Å². The van der Waals surface area contributed by atoms with Gasteiger partial charge < -0.3 is 15.0 Å². The molecule has 0 aromatic heterocycles. The molecule has 1 heterocycles. The third-order valence-corrected chi connectivity index (χ3v) is 3.51. The molecule has 0 aliphatic carbocycles. The van der Waals surface area contributed by atoms with Gasteiger partial charge in [0.1, 0.15) is 0 Å². The molecule has 2 rings (SSSR count). The van der Waals surface area contributed by atoms with E-state index in [1.807, 2.05) is 36.1 Å². The van der Waals surface area contributed by atoms with Crippen molar-refractivity contribution >= 4 is 11.7 Å². The molecule has 4 nitrogen and oxygen atoms in total. The Kier molecular flexibility index (Phi) is 4.80. The molecule has 0 bridgehead atoms. The number of nitrogens with one attached hydrogen (secondary N) is 1. The highest BCUT2D eigenvalue weighted by Gasteiger charge is 2.23. The van der Waals surface area contributed by atoms with Crippen LogP contribution < -0.4 is 5.32 Å². The number of nitrogens with zero attached hydrogens (tertiary/aromatic N) is 1. The van der Waals surface area contributed by atoms with Gasteiger partial charge in [-0.15, -0.1) is 0 Å². The van der Waals surface area contributed by atoms with Crippen molar-refractivity contribution in [2.24, 2.45) is 5.92 Å². The summed E-state index contributed by atoms with van der Waals surface area (Å²) in [7, 11) is 1.71. The second-order valence-electron chi connectivity index (χ2n) is 5.21. The SMILES string of the molecule is COC[C@H]1CCCN(C(=O)Nc2ccc(C)cc2)C1. The first-order valence-corrected chi connectivity index (χ1v) is 6.80. The summed E-state index contributed by atoms with van der Waals surface area (Å²) in [6.45, 7) is 4.38. The molecule has 1 aromatic rings. The fraction of sp³-hybridized carbons (Fsp3) is 0.533. The Morgan fingerprint density at radius 1 is 1.42 bits per heavy atom. The van der Waals surface area contributed by atoms with Gasteiger partial charge in [0.2, 0.25) is 0 Å². The number of methoxy groups -OCH3 is 1. The number of piperidine rings is 1. The molecular formula is C15H22N2O2. The first-order valence-electron chi connectivity index (χ1n) is 6.80. The van der Waals surface area contributed by atoms with E-state index in [9.17, 15) is 4.79 Å². The summed E-state index contributed by atoms with van der Waals surface area (Å²) in [5.74, 6) is 0.461. The number of hydrogen-bond acceptors (Lipinski definition) is 2. The quantitative estimate of drug-likeness (QED) is 0.910. The van der Waals surface area contributed by atoms with E-state index in [1.165, 1.54) is 5.56 Å². The molecule has 1 aliphatic rings. The van der Waals surface area contributed by atoms with Crippen LogP contribution in [0.1, 0.15) is 18.4 Å². The number of likely N-dealkylation sites (tertiary alicyclic amines) is 1. The van der Waals surface area contributed by atoms with Crippen molar-refractivity contribution in [2.45, 2.75) is 19.8 Å². The molecule has 1 saturated heterocycles. The molecule has 1 aliphatic heterocycles. The van der Waals surface area contributed by atoms with Crippen LogP contribution in [-0.2, 0) is 4.74 Å². The van der Waals surface area contributed by atoms with Crippen LogP contribution in [0.2, 0.25) is 0 Å². The van der Waals surface area contributed by atoms with Crippen molar-refractivity contribution < 1.29 is 9.53 Å². The van der Waals surface area contributed by atoms with E-state index >= 15 is 0 Å². The van der Waals surface area contributed by atoms with Crippen LogP contribution >= 0.6 is 0 Å². The van der Waals surface area contributed by atoms with Crippen molar-refractivity contribution in [1.29, 1.82) is 0 Å². The average molecular weight is 262 g/mol. The summed E-state index contributed by atoms with van der Waals surface area (Å²) >= 11 is 0. The molecule has 4 heteroatoms. The summed E-state index contributed by atoms with van der Waals surface area (Å²) in [6.07, 6.45) is 2.19. The molecule has 0 saturated carbocycles. The Morgan fingerprint density at radius 2 is 2.16 bits per heavy atom. The number of hydrogen-bond donors (Lipinski definition) is 1. The molecule has 2 amide bonds. The summed E-state index contributed by atoms with van der Waals surface area (Å²) in [6, 6.07) is 7.86. The van der Waals surface area contributed by atoms with Crippen molar-refractivity contribution in [3.05, 3.63) is 29.8 Å². The van der Waals surface area contributed by atoms with Gasteiger partial charge in [-0.2, -0.15) is 0 Å². The number of carbonyl (C=O) groups is 1. The Bertz CT molecular complexity index is 415. The van der Waals surface area contributed by atoms with Crippen molar-refractivity contribution in [2.75, 3.05) is 32.1 Å². The number of carbonyl (C=O) groups excluding carboxylic acids is 1. The Hall–Kier alpha value is -1.55. The Labute approximate surface area is 114 Å². The smallest absolute Gasteiger partial charge is 0.321 e. The molecule has 0 spiro atoms. The largest absolute Gasteiger partial charge is 0.384 e. The van der Waals surface area contributed by atoms with Gasteiger partial charge in [-0.1, -0.05) is 17.7 Å². The predicted octanol–water partition coefficient (Wildman–Crippen LogP) is 2.89. The first kappa shape index (κ1) is 13.9. The summed E-state index contributed by atoms with van der Waals surface area (Å²) in [5, 5.41) is 2.95. The molecular weight excluding hydrogens is 240 g/mol. The molecule has 1 N–H and O–H groups in total. The molecule has 0 radical (unpaired) electrons.